The third-order valence-electron chi connectivity index (χ3n) is 5.35. The van der Waals surface area contributed by atoms with Gasteiger partial charge in [-0.2, -0.15) is 9.18 Å². The Morgan fingerprint density at radius 3 is 2.55 bits per heavy atom. The predicted octanol–water partition coefficient (Wildman–Crippen LogP) is 1.01. The number of hydrogen-bond donors (Lipinski definition) is 8. The minimum atomic E-state index is -2.20. The molecule has 0 fully saturated rings. The SMILES string of the molecule is Nc1nc2ncc(CNc3ccc(C(=O)N[C@@H](CCC(=O)NCCNC(=O)S[P@@](F)NP)C(=O)O)cc3)nc2c(=O)[nH]1. The Bertz CT molecular complexity index is 1500. The number of aromatic amines is 1. The minimum absolute atomic E-state index is 0.0434. The van der Waals surface area contributed by atoms with E-state index in [4.69, 9.17) is 5.73 Å². The third kappa shape index (κ3) is 10.1. The molecule has 2 heterocycles. The van der Waals surface area contributed by atoms with Crippen molar-refractivity contribution in [2.24, 2.45) is 0 Å². The highest BCUT2D eigenvalue weighted by Gasteiger charge is 2.22. The summed E-state index contributed by atoms with van der Waals surface area (Å²) in [5.41, 5.74) is 6.42. The molecule has 0 saturated carbocycles. The van der Waals surface area contributed by atoms with Gasteiger partial charge in [0.05, 0.1) is 18.4 Å². The summed E-state index contributed by atoms with van der Waals surface area (Å²) in [4.78, 5) is 76.6. The van der Waals surface area contributed by atoms with E-state index in [1.807, 2.05) is 9.39 Å². The first-order chi connectivity index (χ1) is 20.0. The van der Waals surface area contributed by atoms with Crippen molar-refractivity contribution >= 4 is 74.2 Å². The molecule has 1 aromatic carbocycles. The molecule has 1 unspecified atom stereocenters. The average Bonchev–Trinajstić information content (AvgIpc) is 2.96. The summed E-state index contributed by atoms with van der Waals surface area (Å²) in [7, 11) is -0.226. The maximum atomic E-state index is 13.1. The fraction of sp³-hybridized carbons (Fsp3) is 0.273. The van der Waals surface area contributed by atoms with Crippen LogP contribution in [0.1, 0.15) is 28.9 Å². The summed E-state index contributed by atoms with van der Waals surface area (Å²) in [5, 5.41) is 19.3. The first-order valence-electron chi connectivity index (χ1n) is 12.1. The Morgan fingerprint density at radius 2 is 1.86 bits per heavy atom. The number of aromatic nitrogens is 4. The number of nitrogens with one attached hydrogen (secondary N) is 6. The van der Waals surface area contributed by atoms with Crippen molar-refractivity contribution in [3.63, 3.8) is 0 Å². The van der Waals surface area contributed by atoms with Gasteiger partial charge in [0, 0.05) is 42.1 Å². The first kappa shape index (κ1) is 32.5. The molecule has 0 aliphatic rings. The second-order valence-corrected chi connectivity index (χ2v) is 11.9. The second-order valence-electron chi connectivity index (χ2n) is 8.35. The second kappa shape index (κ2) is 15.9. The molecule has 42 heavy (non-hydrogen) atoms. The number of nitrogen functional groups attached to an aromatic ring is 1. The molecule has 0 aliphatic heterocycles. The van der Waals surface area contributed by atoms with E-state index < -0.39 is 42.2 Å². The topological polar surface area (TPSA) is 246 Å². The van der Waals surface area contributed by atoms with Crippen LogP contribution in [0.25, 0.3) is 11.2 Å². The van der Waals surface area contributed by atoms with Crippen molar-refractivity contribution in [1.82, 2.24) is 40.7 Å². The molecule has 2 aromatic heterocycles. The van der Waals surface area contributed by atoms with Gasteiger partial charge in [-0.15, -0.1) is 0 Å². The number of amides is 3. The molecular weight excluding hydrogens is 613 g/mol. The average molecular weight is 641 g/mol. The van der Waals surface area contributed by atoms with Gasteiger partial charge in [0.1, 0.15) is 6.04 Å². The molecule has 3 rings (SSSR count). The van der Waals surface area contributed by atoms with Crippen LogP contribution in [-0.4, -0.2) is 67.2 Å². The third-order valence-corrected chi connectivity index (χ3v) is 8.56. The van der Waals surface area contributed by atoms with E-state index in [1.165, 1.54) is 18.3 Å². The molecule has 0 saturated heterocycles. The molecule has 0 aliphatic carbocycles. The van der Waals surface area contributed by atoms with Crippen LogP contribution < -0.4 is 37.4 Å². The fourth-order valence-corrected chi connectivity index (χ4v) is 4.98. The van der Waals surface area contributed by atoms with Crippen LogP contribution in [0.15, 0.2) is 35.3 Å². The Kier molecular flexibility index (Phi) is 12.3. The lowest BCUT2D eigenvalue weighted by molar-refractivity contribution is -0.139. The summed E-state index contributed by atoms with van der Waals surface area (Å²) in [6.07, 6.45) is 1.09. The zero-order valence-corrected chi connectivity index (χ0v) is 24.6. The summed E-state index contributed by atoms with van der Waals surface area (Å²) in [6.45, 7) is 0.331. The number of nitrogens with zero attached hydrogens (tertiary/aromatic N) is 3. The van der Waals surface area contributed by atoms with Gasteiger partial charge in [0.2, 0.25) is 19.4 Å². The van der Waals surface area contributed by atoms with Crippen molar-refractivity contribution in [2.45, 2.75) is 25.4 Å². The van der Waals surface area contributed by atoms with E-state index in [9.17, 15) is 33.3 Å². The van der Waals surface area contributed by atoms with Gasteiger partial charge < -0.3 is 32.1 Å². The zero-order valence-electron chi connectivity index (χ0n) is 21.7. The largest absolute Gasteiger partial charge is 0.480 e. The number of fused-ring (bicyclic) bond motifs is 1. The van der Waals surface area contributed by atoms with Gasteiger partial charge in [-0.25, -0.2) is 19.6 Å². The number of anilines is 2. The van der Waals surface area contributed by atoms with Crippen LogP contribution in [-0.2, 0) is 16.1 Å². The fourth-order valence-electron chi connectivity index (χ4n) is 3.35. The number of benzene rings is 1. The number of hydrogen-bond acceptors (Lipinski definition) is 12. The summed E-state index contributed by atoms with van der Waals surface area (Å²) < 4.78 is 13.1. The number of rotatable bonds is 14. The summed E-state index contributed by atoms with van der Waals surface area (Å²) >= 11 is 0.457. The molecule has 3 aromatic rings. The van der Waals surface area contributed by atoms with Gasteiger partial charge in [-0.3, -0.25) is 24.2 Å². The summed E-state index contributed by atoms with van der Waals surface area (Å²) in [6, 6.07) is 4.86. The molecule has 0 spiro atoms. The van der Waals surface area contributed by atoms with Gasteiger partial charge in [0.25, 0.3) is 16.7 Å². The minimum Gasteiger partial charge on any atom is -0.480 e. The number of carbonyl (C=O) groups is 4. The lowest BCUT2D eigenvalue weighted by Crippen LogP contribution is -2.42. The van der Waals surface area contributed by atoms with Crippen LogP contribution in [0.4, 0.5) is 20.6 Å². The number of aliphatic carboxylic acids is 1. The molecule has 20 heteroatoms. The lowest BCUT2D eigenvalue weighted by Gasteiger charge is -2.15. The smallest absolute Gasteiger partial charge is 0.326 e. The lowest BCUT2D eigenvalue weighted by atomic mass is 10.1. The van der Waals surface area contributed by atoms with E-state index in [0.717, 1.165) is 0 Å². The van der Waals surface area contributed by atoms with Crippen molar-refractivity contribution < 1.29 is 28.5 Å². The molecular formula is C22H27FN10O6P2S. The molecule has 0 bridgehead atoms. The zero-order chi connectivity index (χ0) is 30.6. The Balaban J connectivity index is 1.44. The molecule has 0 radical (unpaired) electrons. The van der Waals surface area contributed by atoms with Gasteiger partial charge >= 0.3 is 5.97 Å². The normalized spacial score (nSPS) is 12.2. The summed E-state index contributed by atoms with van der Waals surface area (Å²) in [5.74, 6) is -2.49. The number of nitrogens with two attached hydrogens (primary N) is 1. The van der Waals surface area contributed by atoms with E-state index in [0.29, 0.717) is 22.8 Å². The van der Waals surface area contributed by atoms with Gasteiger partial charge in [-0.1, -0.05) is 9.39 Å². The number of carbonyl (C=O) groups excluding carboxylic acids is 3. The van der Waals surface area contributed by atoms with Crippen LogP contribution in [0, 0.1) is 0 Å². The molecule has 16 nitrogen and oxygen atoms in total. The van der Waals surface area contributed by atoms with Gasteiger partial charge in [0.15, 0.2) is 11.2 Å². The van der Waals surface area contributed by atoms with E-state index in [1.54, 1.807) is 12.1 Å². The van der Waals surface area contributed by atoms with E-state index in [2.05, 4.69) is 46.1 Å². The first-order valence-corrected chi connectivity index (χ1v) is 15.3. The number of H-pyrrole nitrogens is 1. The molecule has 9 N–H and O–H groups in total. The van der Waals surface area contributed by atoms with Crippen molar-refractivity contribution in [2.75, 3.05) is 24.1 Å². The highest BCUT2D eigenvalue weighted by atomic mass is 32.7. The Labute approximate surface area is 244 Å². The highest BCUT2D eigenvalue weighted by Crippen LogP contribution is 2.48. The Hall–Kier alpha value is -3.98. The number of halogens is 1. The maximum Gasteiger partial charge on any atom is 0.326 e. The number of carboxylic acids is 1. The van der Waals surface area contributed by atoms with Crippen molar-refractivity contribution in [1.29, 1.82) is 0 Å². The van der Waals surface area contributed by atoms with Crippen LogP contribution >= 0.6 is 28.4 Å². The van der Waals surface area contributed by atoms with E-state index in [-0.39, 0.29) is 55.2 Å². The van der Waals surface area contributed by atoms with Crippen LogP contribution in [0.5, 0.6) is 0 Å². The predicted molar refractivity (Wildman–Crippen MR) is 159 cm³/mol. The highest BCUT2D eigenvalue weighted by molar-refractivity contribution is 8.61. The van der Waals surface area contributed by atoms with E-state index >= 15 is 0 Å². The maximum absolute atomic E-state index is 13.1. The molecule has 224 valence electrons. The molecule has 3 amide bonds. The standard InChI is InChI=1S/C22H27FN10O6P2S/c23-41(33-40)42-22(39)26-8-7-25-15(34)6-5-14(20(37)38)30-18(35)11-1-3-12(4-2-11)27-9-13-10-28-17-16(29-13)19(36)32-21(24)31-17/h1-4,10,14,27,33H,5-9,40H2,(H,25,34)(H,26,39)(H,30,35)(H,37,38)(H3,24,28,31,32,36)/t14-,41-/m0/s1. The van der Waals surface area contributed by atoms with Crippen LogP contribution in [0.2, 0.25) is 0 Å². The van der Waals surface area contributed by atoms with Crippen molar-refractivity contribution in [3.05, 3.63) is 52.1 Å². The monoisotopic (exact) mass is 640 g/mol. The van der Waals surface area contributed by atoms with Gasteiger partial charge in [-0.05, 0) is 30.7 Å². The number of carboxylic acid groups (broad SMARTS) is 1. The van der Waals surface area contributed by atoms with Crippen molar-refractivity contribution in [3.8, 4) is 0 Å². The molecule has 3 atom stereocenters. The van der Waals surface area contributed by atoms with Crippen LogP contribution in [0.3, 0.4) is 0 Å². The Morgan fingerprint density at radius 1 is 1.14 bits per heavy atom. The quantitative estimate of drug-likeness (QED) is 0.0906.